The third kappa shape index (κ3) is 3.94. The molecular formula is C20H20FN3O. The highest BCUT2D eigenvalue weighted by atomic mass is 19.1. The summed E-state index contributed by atoms with van der Waals surface area (Å²) in [5.41, 5.74) is 2.56. The molecule has 0 fully saturated rings. The number of hydrogen-bond acceptors (Lipinski definition) is 2. The first kappa shape index (κ1) is 16.9. The van der Waals surface area contributed by atoms with E-state index in [1.807, 2.05) is 42.0 Å². The fraction of sp³-hybridized carbons (Fsp3) is 0.200. The zero-order chi connectivity index (χ0) is 17.8. The van der Waals surface area contributed by atoms with Crippen LogP contribution in [0, 0.1) is 5.82 Å². The average Bonchev–Trinajstić information content (AvgIpc) is 3.13. The van der Waals surface area contributed by atoms with E-state index in [9.17, 15) is 9.18 Å². The number of halogens is 1. The van der Waals surface area contributed by atoms with Gasteiger partial charge < -0.3 is 9.47 Å². The summed E-state index contributed by atoms with van der Waals surface area (Å²) in [6.07, 6.45) is 5.36. The Morgan fingerprint density at radius 1 is 1.24 bits per heavy atom. The molecule has 0 aliphatic carbocycles. The monoisotopic (exact) mass is 337 g/mol. The lowest BCUT2D eigenvalue weighted by Gasteiger charge is -2.25. The van der Waals surface area contributed by atoms with Gasteiger partial charge in [0, 0.05) is 31.5 Å². The van der Waals surface area contributed by atoms with Crippen molar-refractivity contribution in [3.8, 4) is 0 Å². The van der Waals surface area contributed by atoms with Crippen molar-refractivity contribution in [1.82, 2.24) is 14.5 Å². The second kappa shape index (κ2) is 7.30. The van der Waals surface area contributed by atoms with Crippen LogP contribution in [-0.2, 0) is 6.54 Å². The molecule has 2 aromatic carbocycles. The number of hydrogen-bond donors (Lipinski definition) is 0. The van der Waals surface area contributed by atoms with Crippen LogP contribution in [0.1, 0.15) is 34.5 Å². The number of benzene rings is 2. The Balaban J connectivity index is 1.76. The average molecular weight is 337 g/mol. The molecule has 0 unspecified atom stereocenters. The number of imidazole rings is 1. The number of nitrogens with zero attached hydrogens (tertiary/aromatic N) is 3. The van der Waals surface area contributed by atoms with Gasteiger partial charge in [0.2, 0.25) is 0 Å². The molecule has 25 heavy (non-hydrogen) atoms. The molecule has 1 aromatic heterocycles. The Hall–Kier alpha value is -2.95. The van der Waals surface area contributed by atoms with Crippen LogP contribution < -0.4 is 0 Å². The van der Waals surface area contributed by atoms with Gasteiger partial charge in [-0.15, -0.1) is 0 Å². The van der Waals surface area contributed by atoms with Crippen molar-refractivity contribution in [2.75, 3.05) is 7.05 Å². The van der Waals surface area contributed by atoms with E-state index >= 15 is 0 Å². The molecule has 5 heteroatoms. The lowest BCUT2D eigenvalue weighted by Crippen LogP contribution is -2.29. The summed E-state index contributed by atoms with van der Waals surface area (Å²) in [6.45, 7) is 2.60. The van der Waals surface area contributed by atoms with Gasteiger partial charge in [0.25, 0.3) is 5.91 Å². The normalized spacial score (nSPS) is 12.0. The van der Waals surface area contributed by atoms with Crippen LogP contribution in [0.15, 0.2) is 67.3 Å². The van der Waals surface area contributed by atoms with Crippen molar-refractivity contribution in [3.63, 3.8) is 0 Å². The highest BCUT2D eigenvalue weighted by molar-refractivity contribution is 5.94. The summed E-state index contributed by atoms with van der Waals surface area (Å²) in [5.74, 6) is -0.346. The fourth-order valence-electron chi connectivity index (χ4n) is 2.74. The van der Waals surface area contributed by atoms with E-state index in [4.69, 9.17) is 0 Å². The molecule has 0 aliphatic rings. The van der Waals surface area contributed by atoms with Crippen LogP contribution in [0.3, 0.4) is 0 Å². The minimum Gasteiger partial charge on any atom is -0.335 e. The first-order valence-electron chi connectivity index (χ1n) is 8.12. The highest BCUT2D eigenvalue weighted by Crippen LogP contribution is 2.21. The van der Waals surface area contributed by atoms with E-state index < -0.39 is 0 Å². The van der Waals surface area contributed by atoms with Crippen LogP contribution >= 0.6 is 0 Å². The van der Waals surface area contributed by atoms with Crippen molar-refractivity contribution >= 4 is 5.91 Å². The lowest BCUT2D eigenvalue weighted by molar-refractivity contribution is 0.0742. The van der Waals surface area contributed by atoms with Crippen molar-refractivity contribution in [2.45, 2.75) is 19.5 Å². The van der Waals surface area contributed by atoms with Crippen LogP contribution in [0.4, 0.5) is 4.39 Å². The van der Waals surface area contributed by atoms with Gasteiger partial charge in [0.05, 0.1) is 12.4 Å². The first-order chi connectivity index (χ1) is 12.0. The van der Waals surface area contributed by atoms with Crippen molar-refractivity contribution < 1.29 is 9.18 Å². The van der Waals surface area contributed by atoms with Crippen molar-refractivity contribution in [1.29, 1.82) is 0 Å². The van der Waals surface area contributed by atoms with E-state index in [1.165, 1.54) is 12.1 Å². The summed E-state index contributed by atoms with van der Waals surface area (Å²) in [4.78, 5) is 18.5. The van der Waals surface area contributed by atoms with Gasteiger partial charge in [0.1, 0.15) is 5.82 Å². The molecule has 0 aliphatic heterocycles. The largest absolute Gasteiger partial charge is 0.335 e. The van der Waals surface area contributed by atoms with Gasteiger partial charge in [-0.05, 0) is 42.3 Å². The topological polar surface area (TPSA) is 38.1 Å². The maximum atomic E-state index is 13.1. The Kier molecular flexibility index (Phi) is 4.93. The molecule has 128 valence electrons. The minimum atomic E-state index is -0.280. The Morgan fingerprint density at radius 3 is 2.68 bits per heavy atom. The third-order valence-corrected chi connectivity index (χ3v) is 4.35. The summed E-state index contributed by atoms with van der Waals surface area (Å²) in [7, 11) is 1.76. The van der Waals surface area contributed by atoms with Crippen LogP contribution in [0.2, 0.25) is 0 Å². The number of rotatable bonds is 5. The SMILES string of the molecule is C[C@@H](c1ccc(F)cc1)N(C)C(=O)c1cccc(Cn2ccnc2)c1. The van der Waals surface area contributed by atoms with Gasteiger partial charge in [-0.2, -0.15) is 0 Å². The second-order valence-electron chi connectivity index (χ2n) is 6.08. The molecule has 1 atom stereocenters. The van der Waals surface area contributed by atoms with E-state index in [-0.39, 0.29) is 17.8 Å². The molecule has 0 saturated heterocycles. The third-order valence-electron chi connectivity index (χ3n) is 4.35. The lowest BCUT2D eigenvalue weighted by atomic mass is 10.1. The number of carbonyl (C=O) groups is 1. The molecular weight excluding hydrogens is 317 g/mol. The number of aromatic nitrogens is 2. The van der Waals surface area contributed by atoms with Crippen molar-refractivity contribution in [2.24, 2.45) is 0 Å². The highest BCUT2D eigenvalue weighted by Gasteiger charge is 2.19. The van der Waals surface area contributed by atoms with E-state index in [1.54, 1.807) is 36.6 Å². The van der Waals surface area contributed by atoms with Crippen LogP contribution in [-0.4, -0.2) is 27.4 Å². The second-order valence-corrected chi connectivity index (χ2v) is 6.08. The summed E-state index contributed by atoms with van der Waals surface area (Å²) in [5, 5.41) is 0. The standard InChI is InChI=1S/C20H20FN3O/c1-15(17-6-8-19(21)9-7-17)23(2)20(25)18-5-3-4-16(12-18)13-24-11-10-22-14-24/h3-12,14-15H,13H2,1-2H3/t15-/m0/s1. The molecule has 1 amide bonds. The smallest absolute Gasteiger partial charge is 0.254 e. The molecule has 1 heterocycles. The number of carbonyl (C=O) groups excluding carboxylic acids is 1. The minimum absolute atomic E-state index is 0.0655. The van der Waals surface area contributed by atoms with Crippen molar-refractivity contribution in [3.05, 3.63) is 89.8 Å². The molecule has 0 radical (unpaired) electrons. The van der Waals surface area contributed by atoms with Gasteiger partial charge in [-0.3, -0.25) is 4.79 Å². The van der Waals surface area contributed by atoms with E-state index in [0.29, 0.717) is 12.1 Å². The maximum Gasteiger partial charge on any atom is 0.254 e. The molecule has 0 saturated carbocycles. The Bertz CT molecular complexity index is 844. The summed E-state index contributed by atoms with van der Waals surface area (Å²) < 4.78 is 15.0. The van der Waals surface area contributed by atoms with E-state index in [2.05, 4.69) is 4.98 Å². The summed E-state index contributed by atoms with van der Waals surface area (Å²) in [6, 6.07) is 13.7. The van der Waals surface area contributed by atoms with E-state index in [0.717, 1.165) is 11.1 Å². The van der Waals surface area contributed by atoms with Gasteiger partial charge in [-0.1, -0.05) is 24.3 Å². The molecule has 3 aromatic rings. The Labute approximate surface area is 146 Å². The van der Waals surface area contributed by atoms with Crippen LogP contribution in [0.5, 0.6) is 0 Å². The zero-order valence-electron chi connectivity index (χ0n) is 14.3. The van der Waals surface area contributed by atoms with Gasteiger partial charge >= 0.3 is 0 Å². The predicted molar refractivity (Wildman–Crippen MR) is 94.7 cm³/mol. The van der Waals surface area contributed by atoms with Gasteiger partial charge in [0.15, 0.2) is 0 Å². The molecule has 0 bridgehead atoms. The number of amides is 1. The maximum absolute atomic E-state index is 13.1. The fourth-order valence-corrected chi connectivity index (χ4v) is 2.74. The first-order valence-corrected chi connectivity index (χ1v) is 8.12. The van der Waals surface area contributed by atoms with Crippen LogP contribution in [0.25, 0.3) is 0 Å². The predicted octanol–water partition coefficient (Wildman–Crippen LogP) is 3.90. The van der Waals surface area contributed by atoms with Gasteiger partial charge in [-0.25, -0.2) is 9.37 Å². The molecule has 4 nitrogen and oxygen atoms in total. The Morgan fingerprint density at radius 2 is 2.00 bits per heavy atom. The summed E-state index contributed by atoms with van der Waals surface area (Å²) >= 11 is 0. The molecule has 3 rings (SSSR count). The zero-order valence-corrected chi connectivity index (χ0v) is 14.3. The quantitative estimate of drug-likeness (QED) is 0.708. The molecule has 0 spiro atoms. The molecule has 0 N–H and O–H groups in total.